The summed E-state index contributed by atoms with van der Waals surface area (Å²) in [5.41, 5.74) is 2.72. The molecule has 0 saturated carbocycles. The number of carboxylic acids is 1. The van der Waals surface area contributed by atoms with E-state index in [0.717, 1.165) is 11.1 Å². The average Bonchev–Trinajstić information content (AvgIpc) is 2.35. The zero-order chi connectivity index (χ0) is 15.3. The van der Waals surface area contributed by atoms with Gasteiger partial charge in [0, 0.05) is 25.8 Å². The Kier molecular flexibility index (Phi) is 5.52. The predicted molar refractivity (Wildman–Crippen MR) is 76.0 cm³/mol. The summed E-state index contributed by atoms with van der Waals surface area (Å²) in [6, 6.07) is 4.06. The van der Waals surface area contributed by atoms with Crippen LogP contribution in [0, 0.1) is 13.8 Å². The lowest BCUT2D eigenvalue weighted by atomic mass is 10.1. The number of aliphatic hydroxyl groups excluding tert-OH is 1. The van der Waals surface area contributed by atoms with E-state index in [2.05, 4.69) is 5.32 Å². The van der Waals surface area contributed by atoms with Crippen LogP contribution in [0.2, 0.25) is 0 Å². The number of hydrogen-bond acceptors (Lipinski definition) is 3. The normalized spacial score (nSPS) is 11.8. The monoisotopic (exact) mass is 280 g/mol. The van der Waals surface area contributed by atoms with Crippen molar-refractivity contribution in [1.29, 1.82) is 0 Å². The van der Waals surface area contributed by atoms with Gasteiger partial charge in [0.2, 0.25) is 0 Å². The van der Waals surface area contributed by atoms with Gasteiger partial charge in [-0.1, -0.05) is 6.07 Å². The quantitative estimate of drug-likeness (QED) is 0.758. The third-order valence-corrected chi connectivity index (χ3v) is 2.91. The third-order valence-electron chi connectivity index (χ3n) is 2.91. The maximum absolute atomic E-state index is 12.0. The molecule has 0 aliphatic heterocycles. The number of aliphatic carboxylic acids is 1. The first-order valence-electron chi connectivity index (χ1n) is 6.31. The highest BCUT2D eigenvalue weighted by molar-refractivity contribution is 5.94. The SMILES string of the molecule is Cc1cc(C)cc(N(C)C(=O)N[C@H](CCO)C(=O)O)c1. The molecule has 0 heterocycles. The van der Waals surface area contributed by atoms with E-state index in [1.807, 2.05) is 32.0 Å². The molecule has 0 radical (unpaired) electrons. The molecule has 0 aliphatic carbocycles. The fourth-order valence-corrected chi connectivity index (χ4v) is 1.89. The van der Waals surface area contributed by atoms with E-state index >= 15 is 0 Å². The van der Waals surface area contributed by atoms with E-state index in [-0.39, 0.29) is 13.0 Å². The molecule has 0 aliphatic rings. The van der Waals surface area contributed by atoms with Crippen molar-refractivity contribution in [3.8, 4) is 0 Å². The van der Waals surface area contributed by atoms with Crippen molar-refractivity contribution >= 4 is 17.7 Å². The van der Waals surface area contributed by atoms with Gasteiger partial charge >= 0.3 is 12.0 Å². The van der Waals surface area contributed by atoms with Gasteiger partial charge in [-0.15, -0.1) is 0 Å². The Morgan fingerprint density at radius 1 is 1.25 bits per heavy atom. The first-order chi connectivity index (χ1) is 9.35. The molecule has 1 aromatic carbocycles. The summed E-state index contributed by atoms with van der Waals surface area (Å²) in [5, 5.41) is 20.1. The van der Waals surface area contributed by atoms with Crippen LogP contribution in [-0.2, 0) is 4.79 Å². The van der Waals surface area contributed by atoms with Gasteiger partial charge in [-0.25, -0.2) is 9.59 Å². The van der Waals surface area contributed by atoms with Crippen LogP contribution in [-0.4, -0.2) is 41.9 Å². The summed E-state index contributed by atoms with van der Waals surface area (Å²) in [6.07, 6.45) is -0.0260. The predicted octanol–water partition coefficient (Wildman–Crippen LogP) is 1.28. The van der Waals surface area contributed by atoms with Crippen LogP contribution >= 0.6 is 0 Å². The number of urea groups is 1. The largest absolute Gasteiger partial charge is 0.480 e. The van der Waals surface area contributed by atoms with Crippen LogP contribution in [0.15, 0.2) is 18.2 Å². The van der Waals surface area contributed by atoms with E-state index in [1.54, 1.807) is 7.05 Å². The molecule has 110 valence electrons. The molecule has 0 fully saturated rings. The van der Waals surface area contributed by atoms with Crippen molar-refractivity contribution < 1.29 is 19.8 Å². The van der Waals surface area contributed by atoms with E-state index in [4.69, 9.17) is 10.2 Å². The third kappa shape index (κ3) is 4.24. The van der Waals surface area contributed by atoms with Gasteiger partial charge in [0.1, 0.15) is 6.04 Å². The fourth-order valence-electron chi connectivity index (χ4n) is 1.89. The molecular weight excluding hydrogens is 260 g/mol. The molecule has 1 rings (SSSR count). The summed E-state index contributed by atoms with van der Waals surface area (Å²) in [5.74, 6) is -1.17. The standard InChI is InChI=1S/C14H20N2O4/c1-9-6-10(2)8-11(7-9)16(3)14(20)15-12(4-5-17)13(18)19/h6-8,12,17H,4-5H2,1-3H3,(H,15,20)(H,18,19)/t12-/m1/s1. The summed E-state index contributed by atoms with van der Waals surface area (Å²) in [6.45, 7) is 3.55. The highest BCUT2D eigenvalue weighted by Gasteiger charge is 2.21. The van der Waals surface area contributed by atoms with Crippen molar-refractivity contribution in [3.63, 3.8) is 0 Å². The lowest BCUT2D eigenvalue weighted by molar-refractivity contribution is -0.139. The lowest BCUT2D eigenvalue weighted by Crippen LogP contribution is -2.47. The van der Waals surface area contributed by atoms with Crippen molar-refractivity contribution in [2.24, 2.45) is 0 Å². The Morgan fingerprint density at radius 2 is 1.80 bits per heavy atom. The van der Waals surface area contributed by atoms with Gasteiger partial charge in [0.25, 0.3) is 0 Å². The lowest BCUT2D eigenvalue weighted by Gasteiger charge is -2.22. The smallest absolute Gasteiger partial charge is 0.326 e. The second kappa shape index (κ2) is 6.91. The van der Waals surface area contributed by atoms with Crippen molar-refractivity contribution in [2.75, 3.05) is 18.6 Å². The Bertz CT molecular complexity index is 482. The average molecular weight is 280 g/mol. The number of aryl methyl sites for hydroxylation is 2. The molecule has 0 saturated heterocycles. The Morgan fingerprint density at radius 3 is 2.25 bits per heavy atom. The number of rotatable bonds is 5. The van der Waals surface area contributed by atoms with Crippen LogP contribution in [0.3, 0.4) is 0 Å². The summed E-state index contributed by atoms with van der Waals surface area (Å²) >= 11 is 0. The molecule has 6 nitrogen and oxygen atoms in total. The number of nitrogens with zero attached hydrogens (tertiary/aromatic N) is 1. The Balaban J connectivity index is 2.82. The molecule has 0 aromatic heterocycles. The van der Waals surface area contributed by atoms with Crippen molar-refractivity contribution in [3.05, 3.63) is 29.3 Å². The van der Waals surface area contributed by atoms with E-state index in [1.165, 1.54) is 4.90 Å². The van der Waals surface area contributed by atoms with E-state index < -0.39 is 18.0 Å². The number of carbonyl (C=O) groups excluding carboxylic acids is 1. The molecule has 0 bridgehead atoms. The van der Waals surface area contributed by atoms with E-state index in [9.17, 15) is 9.59 Å². The van der Waals surface area contributed by atoms with Crippen molar-refractivity contribution in [2.45, 2.75) is 26.3 Å². The number of nitrogens with one attached hydrogen (secondary N) is 1. The number of hydrogen-bond donors (Lipinski definition) is 3. The minimum Gasteiger partial charge on any atom is -0.480 e. The van der Waals surface area contributed by atoms with Crippen LogP contribution in [0.5, 0.6) is 0 Å². The molecule has 0 spiro atoms. The maximum atomic E-state index is 12.0. The van der Waals surface area contributed by atoms with Gasteiger partial charge < -0.3 is 15.5 Å². The fraction of sp³-hybridized carbons (Fsp3) is 0.429. The zero-order valence-corrected chi connectivity index (χ0v) is 11.9. The molecule has 1 atom stereocenters. The topological polar surface area (TPSA) is 89.9 Å². The molecule has 0 unspecified atom stereocenters. The van der Waals surface area contributed by atoms with Crippen LogP contribution < -0.4 is 10.2 Å². The number of aliphatic hydroxyl groups is 1. The number of benzene rings is 1. The number of carbonyl (C=O) groups is 2. The van der Waals surface area contributed by atoms with Gasteiger partial charge in [0.15, 0.2) is 0 Å². The Labute approximate surface area is 118 Å². The first kappa shape index (κ1) is 16.0. The zero-order valence-electron chi connectivity index (χ0n) is 11.9. The van der Waals surface area contributed by atoms with Gasteiger partial charge in [-0.3, -0.25) is 4.90 Å². The summed E-state index contributed by atoms with van der Waals surface area (Å²) in [4.78, 5) is 24.3. The van der Waals surface area contributed by atoms with Gasteiger partial charge in [-0.05, 0) is 37.1 Å². The minimum atomic E-state index is -1.17. The Hall–Kier alpha value is -2.08. The van der Waals surface area contributed by atoms with Crippen LogP contribution in [0.25, 0.3) is 0 Å². The van der Waals surface area contributed by atoms with Gasteiger partial charge in [0.05, 0.1) is 0 Å². The van der Waals surface area contributed by atoms with Gasteiger partial charge in [-0.2, -0.15) is 0 Å². The highest BCUT2D eigenvalue weighted by atomic mass is 16.4. The number of carboxylic acid groups (broad SMARTS) is 1. The van der Waals surface area contributed by atoms with Crippen molar-refractivity contribution in [1.82, 2.24) is 5.32 Å². The number of anilines is 1. The molecule has 3 N–H and O–H groups in total. The molecule has 20 heavy (non-hydrogen) atoms. The molecular formula is C14H20N2O4. The second-order valence-corrected chi connectivity index (χ2v) is 4.76. The highest BCUT2D eigenvalue weighted by Crippen LogP contribution is 2.17. The van der Waals surface area contributed by atoms with Crippen LogP contribution in [0.4, 0.5) is 10.5 Å². The summed E-state index contributed by atoms with van der Waals surface area (Å²) < 4.78 is 0. The second-order valence-electron chi connectivity index (χ2n) is 4.76. The first-order valence-corrected chi connectivity index (χ1v) is 6.31. The molecule has 2 amide bonds. The number of amides is 2. The molecule has 6 heteroatoms. The maximum Gasteiger partial charge on any atom is 0.326 e. The minimum absolute atomic E-state index is 0.0260. The molecule has 1 aromatic rings. The summed E-state index contributed by atoms with van der Waals surface area (Å²) in [7, 11) is 1.57. The van der Waals surface area contributed by atoms with Crippen LogP contribution in [0.1, 0.15) is 17.5 Å². The van der Waals surface area contributed by atoms with E-state index in [0.29, 0.717) is 5.69 Å².